The van der Waals surface area contributed by atoms with Gasteiger partial charge in [0, 0.05) is 12.8 Å². The van der Waals surface area contributed by atoms with Gasteiger partial charge in [0.2, 0.25) is 5.09 Å². The standard InChI is InChI=1S/C9H16N2O5S2/c1-10-18(14,15)9-4-3-8(16-9)7-11-5-6-17(2,12)13/h3-4,10-11H,5-7H2,1-2H3. The lowest BCUT2D eigenvalue weighted by atomic mass is 10.4. The molecule has 0 aliphatic heterocycles. The number of rotatable bonds is 7. The van der Waals surface area contributed by atoms with E-state index in [1.54, 1.807) is 0 Å². The third kappa shape index (κ3) is 4.77. The second-order valence-electron chi connectivity index (χ2n) is 3.73. The normalized spacial score (nSPS) is 12.8. The Morgan fingerprint density at radius 3 is 2.44 bits per heavy atom. The summed E-state index contributed by atoms with van der Waals surface area (Å²) in [4.78, 5) is 0. The van der Waals surface area contributed by atoms with Crippen LogP contribution in [0.15, 0.2) is 21.6 Å². The maximum Gasteiger partial charge on any atom is 0.273 e. The molecule has 0 aromatic carbocycles. The van der Waals surface area contributed by atoms with E-state index in [0.29, 0.717) is 5.76 Å². The van der Waals surface area contributed by atoms with Gasteiger partial charge in [-0.1, -0.05) is 0 Å². The molecule has 0 fully saturated rings. The quantitative estimate of drug-likeness (QED) is 0.646. The summed E-state index contributed by atoms with van der Waals surface area (Å²) in [6.07, 6.45) is 1.15. The summed E-state index contributed by atoms with van der Waals surface area (Å²) in [7, 11) is -5.28. The Bertz CT molecular complexity index is 588. The molecular weight excluding hydrogens is 280 g/mol. The minimum absolute atomic E-state index is 0.0232. The first-order valence-electron chi connectivity index (χ1n) is 5.15. The largest absolute Gasteiger partial charge is 0.447 e. The van der Waals surface area contributed by atoms with E-state index >= 15 is 0 Å². The van der Waals surface area contributed by atoms with E-state index in [1.807, 2.05) is 0 Å². The van der Waals surface area contributed by atoms with Crippen molar-refractivity contribution in [3.8, 4) is 0 Å². The van der Waals surface area contributed by atoms with Crippen LogP contribution in [-0.4, -0.2) is 42.4 Å². The Labute approximate surface area is 107 Å². The molecule has 18 heavy (non-hydrogen) atoms. The molecule has 1 aromatic rings. The molecule has 2 N–H and O–H groups in total. The molecule has 0 unspecified atom stereocenters. The van der Waals surface area contributed by atoms with Gasteiger partial charge in [-0.25, -0.2) is 21.6 Å². The molecule has 1 aromatic heterocycles. The number of hydrogen-bond acceptors (Lipinski definition) is 6. The lowest BCUT2D eigenvalue weighted by molar-refractivity contribution is 0.402. The highest BCUT2D eigenvalue weighted by Crippen LogP contribution is 2.12. The zero-order valence-corrected chi connectivity index (χ0v) is 11.8. The highest BCUT2D eigenvalue weighted by molar-refractivity contribution is 7.90. The number of nitrogens with one attached hydrogen (secondary N) is 2. The Morgan fingerprint density at radius 2 is 1.89 bits per heavy atom. The summed E-state index contributed by atoms with van der Waals surface area (Å²) in [5.41, 5.74) is 0. The third-order valence-corrected chi connectivity index (χ3v) is 4.35. The fourth-order valence-electron chi connectivity index (χ4n) is 1.17. The summed E-state index contributed by atoms with van der Waals surface area (Å²) in [6, 6.07) is 2.87. The van der Waals surface area contributed by atoms with Crippen LogP contribution in [0.2, 0.25) is 0 Å². The van der Waals surface area contributed by atoms with Crippen LogP contribution in [-0.2, 0) is 26.4 Å². The van der Waals surface area contributed by atoms with Crippen LogP contribution in [0.4, 0.5) is 0 Å². The van der Waals surface area contributed by atoms with Gasteiger partial charge in [-0.3, -0.25) is 0 Å². The van der Waals surface area contributed by atoms with Gasteiger partial charge >= 0.3 is 0 Å². The van der Waals surface area contributed by atoms with Gasteiger partial charge in [0.1, 0.15) is 15.6 Å². The molecule has 0 amide bonds. The second kappa shape index (κ2) is 5.83. The highest BCUT2D eigenvalue weighted by atomic mass is 32.2. The first kappa shape index (κ1) is 15.2. The van der Waals surface area contributed by atoms with Gasteiger partial charge < -0.3 is 9.73 Å². The predicted molar refractivity (Wildman–Crippen MR) is 66.4 cm³/mol. The third-order valence-electron chi connectivity index (χ3n) is 2.12. The molecule has 104 valence electrons. The second-order valence-corrected chi connectivity index (χ2v) is 7.81. The highest BCUT2D eigenvalue weighted by Gasteiger charge is 2.16. The van der Waals surface area contributed by atoms with Gasteiger partial charge in [0.05, 0.1) is 12.3 Å². The molecule has 1 rings (SSSR count). The Morgan fingerprint density at radius 1 is 1.22 bits per heavy atom. The van der Waals surface area contributed by atoms with E-state index in [-0.39, 0.29) is 23.9 Å². The average molecular weight is 296 g/mol. The number of sulfone groups is 1. The minimum atomic E-state index is -3.57. The summed E-state index contributed by atoms with van der Waals surface area (Å²) < 4.78 is 51.7. The monoisotopic (exact) mass is 296 g/mol. The van der Waals surface area contributed by atoms with Crippen molar-refractivity contribution < 1.29 is 21.3 Å². The van der Waals surface area contributed by atoms with Crippen LogP contribution in [0.1, 0.15) is 5.76 Å². The Kier molecular flexibility index (Phi) is 4.91. The summed E-state index contributed by atoms with van der Waals surface area (Å²) >= 11 is 0. The lowest BCUT2D eigenvalue weighted by Crippen LogP contribution is -2.21. The van der Waals surface area contributed by atoms with E-state index in [2.05, 4.69) is 10.0 Å². The maximum absolute atomic E-state index is 11.4. The first-order chi connectivity index (χ1) is 8.24. The number of furan rings is 1. The van der Waals surface area contributed by atoms with Crippen LogP contribution < -0.4 is 10.0 Å². The molecule has 7 nitrogen and oxygen atoms in total. The molecular formula is C9H16N2O5S2. The van der Waals surface area contributed by atoms with Crippen LogP contribution >= 0.6 is 0 Å². The zero-order valence-electron chi connectivity index (χ0n) is 10.1. The van der Waals surface area contributed by atoms with Crippen molar-refractivity contribution in [2.24, 2.45) is 0 Å². The summed E-state index contributed by atoms with van der Waals surface area (Å²) in [6.45, 7) is 0.558. The molecule has 0 spiro atoms. The summed E-state index contributed by atoms with van der Waals surface area (Å²) in [5, 5.41) is 2.69. The summed E-state index contributed by atoms with van der Waals surface area (Å²) in [5.74, 6) is 0.451. The van der Waals surface area contributed by atoms with Crippen molar-refractivity contribution in [1.82, 2.24) is 10.0 Å². The van der Waals surface area contributed by atoms with Crippen molar-refractivity contribution in [2.45, 2.75) is 11.6 Å². The fraction of sp³-hybridized carbons (Fsp3) is 0.556. The van der Waals surface area contributed by atoms with Gasteiger partial charge in [0.25, 0.3) is 10.0 Å². The Hall–Kier alpha value is -0.900. The van der Waals surface area contributed by atoms with Gasteiger partial charge in [0.15, 0.2) is 0 Å². The van der Waals surface area contributed by atoms with Gasteiger partial charge in [-0.2, -0.15) is 0 Å². The van der Waals surface area contributed by atoms with E-state index in [1.165, 1.54) is 19.2 Å². The lowest BCUT2D eigenvalue weighted by Gasteiger charge is -2.01. The number of sulfonamides is 1. The zero-order chi connectivity index (χ0) is 13.8. The van der Waals surface area contributed by atoms with Crippen LogP contribution in [0.3, 0.4) is 0 Å². The van der Waals surface area contributed by atoms with Gasteiger partial charge in [-0.05, 0) is 19.2 Å². The van der Waals surface area contributed by atoms with E-state index in [0.717, 1.165) is 6.26 Å². The number of hydrogen-bond donors (Lipinski definition) is 2. The van der Waals surface area contributed by atoms with Crippen molar-refractivity contribution in [3.63, 3.8) is 0 Å². The van der Waals surface area contributed by atoms with Gasteiger partial charge in [-0.15, -0.1) is 0 Å². The van der Waals surface area contributed by atoms with E-state index < -0.39 is 19.9 Å². The molecule has 0 bridgehead atoms. The molecule has 0 radical (unpaired) electrons. The van der Waals surface area contributed by atoms with Crippen molar-refractivity contribution in [2.75, 3.05) is 25.6 Å². The first-order valence-corrected chi connectivity index (χ1v) is 8.70. The molecule has 0 atom stereocenters. The van der Waals surface area contributed by atoms with Crippen molar-refractivity contribution in [3.05, 3.63) is 17.9 Å². The van der Waals surface area contributed by atoms with Crippen LogP contribution in [0.25, 0.3) is 0 Å². The van der Waals surface area contributed by atoms with Crippen LogP contribution in [0, 0.1) is 0 Å². The van der Waals surface area contributed by atoms with E-state index in [9.17, 15) is 16.8 Å². The molecule has 0 saturated heterocycles. The van der Waals surface area contributed by atoms with Crippen LogP contribution in [0.5, 0.6) is 0 Å². The maximum atomic E-state index is 11.4. The molecule has 0 aliphatic carbocycles. The average Bonchev–Trinajstić information content (AvgIpc) is 2.72. The Balaban J connectivity index is 2.51. The van der Waals surface area contributed by atoms with E-state index in [4.69, 9.17) is 4.42 Å². The molecule has 1 heterocycles. The smallest absolute Gasteiger partial charge is 0.273 e. The van der Waals surface area contributed by atoms with Crippen molar-refractivity contribution >= 4 is 19.9 Å². The van der Waals surface area contributed by atoms with Crippen molar-refractivity contribution in [1.29, 1.82) is 0 Å². The topological polar surface area (TPSA) is 105 Å². The molecule has 9 heteroatoms. The molecule has 0 aliphatic rings. The molecule has 0 saturated carbocycles. The fourth-order valence-corrected chi connectivity index (χ4v) is 2.35. The predicted octanol–water partition coefficient (Wildman–Crippen LogP) is -0.678. The SMILES string of the molecule is CNS(=O)(=O)c1ccc(CNCCS(C)(=O)=O)o1. The minimum Gasteiger partial charge on any atom is -0.447 e.